The molecule has 0 unspecified atom stereocenters. The molecule has 2 aromatic rings. The molecule has 0 amide bonds. The number of aliphatic hydroxyl groups is 1. The van der Waals surface area contributed by atoms with Crippen LogP contribution in [0.3, 0.4) is 0 Å². The molecule has 0 aliphatic heterocycles. The van der Waals surface area contributed by atoms with Crippen molar-refractivity contribution in [3.63, 3.8) is 0 Å². The van der Waals surface area contributed by atoms with Gasteiger partial charge >= 0.3 is 0 Å². The smallest absolute Gasteiger partial charge is 0.179 e. The summed E-state index contributed by atoms with van der Waals surface area (Å²) in [5.74, 6) is -0.102. The molecule has 2 rings (SSSR count). The number of rotatable bonds is 4. The van der Waals surface area contributed by atoms with Gasteiger partial charge in [0.1, 0.15) is 4.83 Å². The van der Waals surface area contributed by atoms with E-state index in [9.17, 15) is 9.90 Å². The Morgan fingerprint density at radius 1 is 1.05 bits per heavy atom. The van der Waals surface area contributed by atoms with Gasteiger partial charge in [0.2, 0.25) is 0 Å². The molecule has 0 saturated carbocycles. The molecule has 98 valence electrons. The van der Waals surface area contributed by atoms with E-state index in [0.29, 0.717) is 5.56 Å². The lowest BCUT2D eigenvalue weighted by atomic mass is 9.97. The second kappa shape index (κ2) is 6.13. The molecule has 2 nitrogen and oxygen atoms in total. The summed E-state index contributed by atoms with van der Waals surface area (Å²) < 4.78 is 0. The molecule has 0 fully saturated rings. The number of halogens is 1. The standard InChI is InChI=1S/C16H15BrO2/c1-11-7-5-6-10-13(11)16(19)14(17)15(18)12-8-3-2-4-9-12/h2-10,14-15,18H,1H3/t14-,15-/m1/s1. The molecule has 2 aromatic carbocycles. The highest BCUT2D eigenvalue weighted by Crippen LogP contribution is 2.26. The quantitative estimate of drug-likeness (QED) is 0.689. The highest BCUT2D eigenvalue weighted by molar-refractivity contribution is 9.10. The molecule has 0 saturated heterocycles. The average Bonchev–Trinajstić information content (AvgIpc) is 2.46. The SMILES string of the molecule is Cc1ccccc1C(=O)[C@H](Br)[C@H](O)c1ccccc1. The van der Waals surface area contributed by atoms with Crippen LogP contribution in [-0.4, -0.2) is 15.7 Å². The molecule has 0 aliphatic rings. The molecule has 1 N–H and O–H groups in total. The third-order valence-electron chi connectivity index (χ3n) is 3.08. The van der Waals surface area contributed by atoms with Crippen molar-refractivity contribution in [2.24, 2.45) is 0 Å². The molecule has 0 heterocycles. The first-order chi connectivity index (χ1) is 9.11. The Balaban J connectivity index is 2.23. The molecular weight excluding hydrogens is 304 g/mol. The Hall–Kier alpha value is -1.45. The van der Waals surface area contributed by atoms with Crippen molar-refractivity contribution in [3.05, 3.63) is 71.3 Å². The van der Waals surface area contributed by atoms with Gasteiger partial charge in [0.15, 0.2) is 5.78 Å². The number of alkyl halides is 1. The first kappa shape index (κ1) is 14.0. The Kier molecular flexibility index (Phi) is 4.51. The van der Waals surface area contributed by atoms with Crippen molar-refractivity contribution in [2.45, 2.75) is 17.9 Å². The molecule has 19 heavy (non-hydrogen) atoms. The summed E-state index contributed by atoms with van der Waals surface area (Å²) >= 11 is 3.32. The van der Waals surface area contributed by atoms with Crippen LogP contribution in [0, 0.1) is 6.92 Å². The van der Waals surface area contributed by atoms with Gasteiger partial charge in [-0.3, -0.25) is 4.79 Å². The number of hydrogen-bond donors (Lipinski definition) is 1. The van der Waals surface area contributed by atoms with Gasteiger partial charge < -0.3 is 5.11 Å². The summed E-state index contributed by atoms with van der Waals surface area (Å²) in [4.78, 5) is 11.7. The molecule has 2 atom stereocenters. The molecular formula is C16H15BrO2. The number of Topliss-reactive ketones (excluding diaryl/α,β-unsaturated/α-hetero) is 1. The lowest BCUT2D eigenvalue weighted by molar-refractivity contribution is 0.0902. The zero-order valence-corrected chi connectivity index (χ0v) is 12.2. The third kappa shape index (κ3) is 3.11. The van der Waals surface area contributed by atoms with Crippen molar-refractivity contribution in [1.82, 2.24) is 0 Å². The molecule has 0 radical (unpaired) electrons. The fourth-order valence-electron chi connectivity index (χ4n) is 1.96. The van der Waals surface area contributed by atoms with Gasteiger partial charge in [-0.25, -0.2) is 0 Å². The summed E-state index contributed by atoms with van der Waals surface area (Å²) in [6, 6.07) is 16.6. The zero-order chi connectivity index (χ0) is 13.8. The van der Waals surface area contributed by atoms with E-state index in [1.54, 1.807) is 6.07 Å². The number of benzene rings is 2. The largest absolute Gasteiger partial charge is 0.387 e. The fourth-order valence-corrected chi connectivity index (χ4v) is 2.51. The van der Waals surface area contributed by atoms with Crippen molar-refractivity contribution in [3.8, 4) is 0 Å². The van der Waals surface area contributed by atoms with Gasteiger partial charge in [-0.15, -0.1) is 0 Å². The van der Waals surface area contributed by atoms with Crippen LogP contribution < -0.4 is 0 Å². The first-order valence-corrected chi connectivity index (χ1v) is 6.99. The van der Waals surface area contributed by atoms with Crippen molar-refractivity contribution < 1.29 is 9.90 Å². The van der Waals surface area contributed by atoms with Crippen LogP contribution in [0.2, 0.25) is 0 Å². The van der Waals surface area contributed by atoms with E-state index in [-0.39, 0.29) is 5.78 Å². The topological polar surface area (TPSA) is 37.3 Å². The van der Waals surface area contributed by atoms with Crippen LogP contribution >= 0.6 is 15.9 Å². The van der Waals surface area contributed by atoms with Crippen LogP contribution in [0.4, 0.5) is 0 Å². The van der Waals surface area contributed by atoms with Gasteiger partial charge in [-0.1, -0.05) is 70.5 Å². The van der Waals surface area contributed by atoms with E-state index in [4.69, 9.17) is 0 Å². The normalized spacial score (nSPS) is 13.8. The van der Waals surface area contributed by atoms with E-state index < -0.39 is 10.9 Å². The third-order valence-corrected chi connectivity index (χ3v) is 4.00. The van der Waals surface area contributed by atoms with Crippen LogP contribution in [0.15, 0.2) is 54.6 Å². The van der Waals surface area contributed by atoms with Crippen LogP contribution in [0.25, 0.3) is 0 Å². The molecule has 0 aliphatic carbocycles. The van der Waals surface area contributed by atoms with Gasteiger partial charge in [0.05, 0.1) is 6.10 Å². The number of aryl methyl sites for hydroxylation is 1. The lowest BCUT2D eigenvalue weighted by Gasteiger charge is -2.17. The second-order valence-corrected chi connectivity index (χ2v) is 5.42. The summed E-state index contributed by atoms with van der Waals surface area (Å²) in [5.41, 5.74) is 2.28. The molecule has 0 bridgehead atoms. The minimum Gasteiger partial charge on any atom is -0.387 e. The van der Waals surface area contributed by atoms with E-state index in [1.165, 1.54) is 0 Å². The summed E-state index contributed by atoms with van der Waals surface area (Å²) in [6.07, 6.45) is -0.853. The second-order valence-electron chi connectivity index (χ2n) is 4.44. The number of carbonyl (C=O) groups excluding carboxylic acids is 1. The maximum atomic E-state index is 12.4. The fraction of sp³-hybridized carbons (Fsp3) is 0.188. The van der Waals surface area contributed by atoms with E-state index in [2.05, 4.69) is 15.9 Å². The first-order valence-electron chi connectivity index (χ1n) is 6.08. The minimum absolute atomic E-state index is 0.102. The number of ketones is 1. The molecule has 0 aromatic heterocycles. The Labute approximate surface area is 121 Å². The summed E-state index contributed by atoms with van der Waals surface area (Å²) in [7, 11) is 0. The highest BCUT2D eigenvalue weighted by atomic mass is 79.9. The van der Waals surface area contributed by atoms with E-state index in [1.807, 2.05) is 55.5 Å². The Morgan fingerprint density at radius 2 is 1.63 bits per heavy atom. The van der Waals surface area contributed by atoms with Gasteiger partial charge in [0, 0.05) is 5.56 Å². The zero-order valence-electron chi connectivity index (χ0n) is 10.6. The predicted octanol–water partition coefficient (Wildman–Crippen LogP) is 3.67. The summed E-state index contributed by atoms with van der Waals surface area (Å²) in [5, 5.41) is 10.2. The van der Waals surface area contributed by atoms with E-state index in [0.717, 1.165) is 11.1 Å². The molecule has 0 spiro atoms. The van der Waals surface area contributed by atoms with Crippen LogP contribution in [-0.2, 0) is 0 Å². The van der Waals surface area contributed by atoms with Gasteiger partial charge in [0.25, 0.3) is 0 Å². The van der Waals surface area contributed by atoms with Crippen molar-refractivity contribution in [2.75, 3.05) is 0 Å². The predicted molar refractivity (Wildman–Crippen MR) is 79.6 cm³/mol. The number of carbonyl (C=O) groups is 1. The van der Waals surface area contributed by atoms with Crippen molar-refractivity contribution >= 4 is 21.7 Å². The highest BCUT2D eigenvalue weighted by Gasteiger charge is 2.26. The monoisotopic (exact) mass is 318 g/mol. The van der Waals surface area contributed by atoms with Gasteiger partial charge in [-0.05, 0) is 18.1 Å². The number of aliphatic hydroxyl groups excluding tert-OH is 1. The average molecular weight is 319 g/mol. The van der Waals surface area contributed by atoms with Gasteiger partial charge in [-0.2, -0.15) is 0 Å². The van der Waals surface area contributed by atoms with Crippen LogP contribution in [0.5, 0.6) is 0 Å². The Bertz CT molecular complexity index is 566. The van der Waals surface area contributed by atoms with Crippen molar-refractivity contribution in [1.29, 1.82) is 0 Å². The maximum Gasteiger partial charge on any atom is 0.179 e. The minimum atomic E-state index is -0.853. The van der Waals surface area contributed by atoms with Crippen LogP contribution in [0.1, 0.15) is 27.6 Å². The van der Waals surface area contributed by atoms with E-state index >= 15 is 0 Å². The molecule has 3 heteroatoms. The Morgan fingerprint density at radius 3 is 2.26 bits per heavy atom. The number of hydrogen-bond acceptors (Lipinski definition) is 2. The lowest BCUT2D eigenvalue weighted by Crippen LogP contribution is -2.23. The maximum absolute atomic E-state index is 12.4. The summed E-state index contributed by atoms with van der Waals surface area (Å²) in [6.45, 7) is 1.89.